The van der Waals surface area contributed by atoms with E-state index in [4.69, 9.17) is 11.6 Å². The van der Waals surface area contributed by atoms with E-state index in [1.807, 2.05) is 24.3 Å². The molecule has 1 N–H and O–H groups in total. The minimum atomic E-state index is -0.300. The summed E-state index contributed by atoms with van der Waals surface area (Å²) >= 11 is 6.03. The molecule has 1 saturated heterocycles. The maximum atomic E-state index is 13.1. The summed E-state index contributed by atoms with van der Waals surface area (Å²) in [4.78, 5) is 16.2. The first-order valence-electron chi connectivity index (χ1n) is 8.10. The zero-order valence-electron chi connectivity index (χ0n) is 13.7. The Kier molecular flexibility index (Phi) is 5.56. The molecular weight excluding hydrogens is 341 g/mol. The lowest BCUT2D eigenvalue weighted by Gasteiger charge is -2.35. The molecule has 6 heteroatoms. The third-order valence-corrected chi connectivity index (χ3v) is 4.31. The van der Waals surface area contributed by atoms with Crippen molar-refractivity contribution in [3.8, 4) is 0 Å². The molecular formula is C19H19ClFN3O. The van der Waals surface area contributed by atoms with Crippen molar-refractivity contribution < 1.29 is 9.18 Å². The molecule has 0 spiro atoms. The van der Waals surface area contributed by atoms with Gasteiger partial charge in [0.2, 0.25) is 0 Å². The molecule has 130 valence electrons. The fraction of sp³-hybridized carbons (Fsp3) is 0.211. The van der Waals surface area contributed by atoms with Gasteiger partial charge in [-0.15, -0.1) is 0 Å². The number of nitrogens with one attached hydrogen (secondary N) is 1. The Hall–Kier alpha value is -2.53. The lowest BCUT2D eigenvalue weighted by molar-refractivity contribution is 0.198. The quantitative estimate of drug-likeness (QED) is 0.899. The van der Waals surface area contributed by atoms with Crippen LogP contribution < -0.4 is 10.2 Å². The van der Waals surface area contributed by atoms with Crippen LogP contribution in [0.1, 0.15) is 5.56 Å². The van der Waals surface area contributed by atoms with Gasteiger partial charge >= 0.3 is 6.03 Å². The number of nitrogens with zero attached hydrogens (tertiary/aromatic N) is 2. The predicted octanol–water partition coefficient (Wildman–Crippen LogP) is 3.98. The van der Waals surface area contributed by atoms with Crippen LogP contribution in [-0.2, 0) is 0 Å². The zero-order chi connectivity index (χ0) is 17.6. The number of hydrogen-bond acceptors (Lipinski definition) is 2. The summed E-state index contributed by atoms with van der Waals surface area (Å²) in [5.74, 6) is -0.300. The number of hydrogen-bond donors (Lipinski definition) is 1. The van der Waals surface area contributed by atoms with Crippen LogP contribution >= 0.6 is 11.6 Å². The van der Waals surface area contributed by atoms with E-state index < -0.39 is 0 Å². The number of anilines is 1. The Morgan fingerprint density at radius 2 is 1.84 bits per heavy atom. The molecule has 4 nitrogen and oxygen atoms in total. The van der Waals surface area contributed by atoms with E-state index in [0.29, 0.717) is 23.7 Å². The van der Waals surface area contributed by atoms with E-state index >= 15 is 0 Å². The van der Waals surface area contributed by atoms with Gasteiger partial charge in [-0.1, -0.05) is 29.8 Å². The summed E-state index contributed by atoms with van der Waals surface area (Å²) in [6, 6.07) is 13.8. The van der Waals surface area contributed by atoms with Crippen molar-refractivity contribution in [3.63, 3.8) is 0 Å². The normalized spacial score (nSPS) is 14.8. The summed E-state index contributed by atoms with van der Waals surface area (Å²) in [5, 5.41) is 3.44. The zero-order valence-corrected chi connectivity index (χ0v) is 14.4. The second-order valence-corrected chi connectivity index (χ2v) is 6.23. The van der Waals surface area contributed by atoms with E-state index in [0.717, 1.165) is 18.8 Å². The Bertz CT molecular complexity index is 773. The van der Waals surface area contributed by atoms with Crippen molar-refractivity contribution >= 4 is 29.4 Å². The van der Waals surface area contributed by atoms with Crippen molar-refractivity contribution in [3.05, 3.63) is 71.1 Å². The Morgan fingerprint density at radius 1 is 1.08 bits per heavy atom. The van der Waals surface area contributed by atoms with Gasteiger partial charge in [-0.25, -0.2) is 9.18 Å². The Morgan fingerprint density at radius 3 is 2.56 bits per heavy atom. The molecule has 2 aromatic carbocycles. The van der Waals surface area contributed by atoms with Gasteiger partial charge in [0.15, 0.2) is 0 Å². The SMILES string of the molecule is O=C(N/C=C/c1cccc(F)c1)N1CCN(c2cccc(Cl)c2)CC1. The molecule has 0 bridgehead atoms. The number of halogens is 2. The number of urea groups is 1. The Balaban J connectivity index is 1.50. The minimum Gasteiger partial charge on any atom is -0.368 e. The van der Waals surface area contributed by atoms with Crippen LogP contribution in [-0.4, -0.2) is 37.1 Å². The highest BCUT2D eigenvalue weighted by molar-refractivity contribution is 6.30. The smallest absolute Gasteiger partial charge is 0.321 e. The molecule has 2 amide bonds. The fourth-order valence-corrected chi connectivity index (χ4v) is 2.94. The predicted molar refractivity (Wildman–Crippen MR) is 99.2 cm³/mol. The molecule has 1 fully saturated rings. The summed E-state index contributed by atoms with van der Waals surface area (Å²) in [6.45, 7) is 2.76. The summed E-state index contributed by atoms with van der Waals surface area (Å²) in [6.07, 6.45) is 3.21. The maximum absolute atomic E-state index is 13.1. The first-order valence-corrected chi connectivity index (χ1v) is 8.48. The van der Waals surface area contributed by atoms with E-state index in [9.17, 15) is 9.18 Å². The van der Waals surface area contributed by atoms with Crippen LogP contribution in [0.4, 0.5) is 14.9 Å². The molecule has 1 aliphatic rings. The lowest BCUT2D eigenvalue weighted by atomic mass is 10.2. The molecule has 1 heterocycles. The molecule has 0 aromatic heterocycles. The van der Waals surface area contributed by atoms with Crippen LogP contribution in [0, 0.1) is 5.82 Å². The second-order valence-electron chi connectivity index (χ2n) is 5.79. The van der Waals surface area contributed by atoms with E-state index in [2.05, 4.69) is 10.2 Å². The number of carbonyl (C=O) groups is 1. The second kappa shape index (κ2) is 8.03. The topological polar surface area (TPSA) is 35.6 Å². The first-order chi connectivity index (χ1) is 12.1. The standard InChI is InChI=1S/C19H19ClFN3O/c20-16-4-2-6-18(14-16)23-9-11-24(12-10-23)19(25)22-8-7-15-3-1-5-17(21)13-15/h1-8,13-14H,9-12H2,(H,22,25)/b8-7+. The van der Waals surface area contributed by atoms with Crippen LogP contribution in [0.3, 0.4) is 0 Å². The molecule has 0 radical (unpaired) electrons. The number of piperazine rings is 1. The molecule has 0 aliphatic carbocycles. The average molecular weight is 360 g/mol. The van der Waals surface area contributed by atoms with Crippen molar-refractivity contribution in [1.82, 2.24) is 10.2 Å². The highest BCUT2D eigenvalue weighted by Crippen LogP contribution is 2.20. The number of amides is 2. The van der Waals surface area contributed by atoms with E-state index in [-0.39, 0.29) is 11.8 Å². The largest absolute Gasteiger partial charge is 0.368 e. The summed E-state index contributed by atoms with van der Waals surface area (Å²) in [7, 11) is 0. The van der Waals surface area contributed by atoms with Gasteiger partial charge < -0.3 is 15.1 Å². The van der Waals surface area contributed by atoms with Crippen molar-refractivity contribution in [1.29, 1.82) is 0 Å². The van der Waals surface area contributed by atoms with Crippen LogP contribution in [0.2, 0.25) is 5.02 Å². The van der Waals surface area contributed by atoms with Gasteiger partial charge in [-0.2, -0.15) is 0 Å². The molecule has 25 heavy (non-hydrogen) atoms. The monoisotopic (exact) mass is 359 g/mol. The summed E-state index contributed by atoms with van der Waals surface area (Å²) in [5.41, 5.74) is 1.77. The number of carbonyl (C=O) groups excluding carboxylic acids is 1. The van der Waals surface area contributed by atoms with E-state index in [1.165, 1.54) is 12.1 Å². The highest BCUT2D eigenvalue weighted by Gasteiger charge is 2.20. The maximum Gasteiger partial charge on any atom is 0.321 e. The third-order valence-electron chi connectivity index (χ3n) is 4.07. The van der Waals surface area contributed by atoms with E-state index in [1.54, 1.807) is 29.3 Å². The van der Waals surface area contributed by atoms with Gasteiger partial charge in [0.1, 0.15) is 5.82 Å². The lowest BCUT2D eigenvalue weighted by Crippen LogP contribution is -2.51. The molecule has 0 saturated carbocycles. The van der Waals surface area contributed by atoms with Crippen LogP contribution in [0.25, 0.3) is 6.08 Å². The Labute approximate surface area is 151 Å². The van der Waals surface area contributed by atoms with Crippen LogP contribution in [0.5, 0.6) is 0 Å². The summed E-state index contributed by atoms with van der Waals surface area (Å²) < 4.78 is 13.1. The van der Waals surface area contributed by atoms with Gasteiger partial charge in [0.25, 0.3) is 0 Å². The van der Waals surface area contributed by atoms with Crippen molar-refractivity contribution in [2.24, 2.45) is 0 Å². The molecule has 3 rings (SSSR count). The van der Waals surface area contributed by atoms with Gasteiger partial charge in [0, 0.05) is 43.1 Å². The van der Waals surface area contributed by atoms with Crippen LogP contribution in [0.15, 0.2) is 54.7 Å². The van der Waals surface area contributed by atoms with Gasteiger partial charge in [-0.05, 0) is 42.0 Å². The van der Waals surface area contributed by atoms with Gasteiger partial charge in [0.05, 0.1) is 0 Å². The molecule has 0 unspecified atom stereocenters. The molecule has 1 aliphatic heterocycles. The average Bonchev–Trinajstić information content (AvgIpc) is 2.62. The third kappa shape index (κ3) is 4.73. The fourth-order valence-electron chi connectivity index (χ4n) is 2.75. The number of benzene rings is 2. The molecule has 0 atom stereocenters. The van der Waals surface area contributed by atoms with Crippen molar-refractivity contribution in [2.45, 2.75) is 0 Å². The van der Waals surface area contributed by atoms with Crippen molar-refractivity contribution in [2.75, 3.05) is 31.1 Å². The molecule has 2 aromatic rings. The number of rotatable bonds is 3. The first kappa shape index (κ1) is 17.3. The highest BCUT2D eigenvalue weighted by atomic mass is 35.5. The van der Waals surface area contributed by atoms with Gasteiger partial charge in [-0.3, -0.25) is 0 Å². The minimum absolute atomic E-state index is 0.154.